The molecule has 0 aliphatic carbocycles. The van der Waals surface area contributed by atoms with Gasteiger partial charge in [-0.25, -0.2) is 18.4 Å². The number of nitrogens with two attached hydrogens (primary N) is 1. The number of ketones is 1. The Morgan fingerprint density at radius 3 is 2.40 bits per heavy atom. The molecular formula is C17H16ClNO5S. The van der Waals surface area contributed by atoms with Crippen molar-refractivity contribution in [1.29, 1.82) is 0 Å². The van der Waals surface area contributed by atoms with E-state index in [1.54, 1.807) is 19.1 Å². The van der Waals surface area contributed by atoms with Crippen LogP contribution in [0, 0.1) is 13.8 Å². The molecule has 0 atom stereocenters. The molecule has 0 aromatic heterocycles. The lowest BCUT2D eigenvalue weighted by Crippen LogP contribution is -2.17. The fraction of sp³-hybridized carbons (Fsp3) is 0.176. The van der Waals surface area contributed by atoms with Gasteiger partial charge in [0.2, 0.25) is 15.8 Å². The fourth-order valence-corrected chi connectivity index (χ4v) is 3.34. The first kappa shape index (κ1) is 19.1. The molecular weight excluding hydrogens is 366 g/mol. The van der Waals surface area contributed by atoms with Gasteiger partial charge >= 0.3 is 5.97 Å². The molecule has 0 heterocycles. The van der Waals surface area contributed by atoms with Crippen molar-refractivity contribution in [3.63, 3.8) is 0 Å². The number of halogens is 1. The monoisotopic (exact) mass is 381 g/mol. The standard InChI is InChI=1S/C17H16ClNO5S/c1-10-3-5-13(11(2)7-10)15(20)9-24-17(21)12-4-6-14(18)16(8-12)25(19,22)23/h3-8H,9H2,1-2H3,(H2,19,22,23). The fourth-order valence-electron chi connectivity index (χ4n) is 2.27. The average molecular weight is 382 g/mol. The van der Waals surface area contributed by atoms with Crippen LogP contribution in [-0.4, -0.2) is 26.8 Å². The Morgan fingerprint density at radius 1 is 1.12 bits per heavy atom. The van der Waals surface area contributed by atoms with Crippen LogP contribution < -0.4 is 5.14 Å². The van der Waals surface area contributed by atoms with Crippen LogP contribution in [-0.2, 0) is 14.8 Å². The molecule has 132 valence electrons. The largest absolute Gasteiger partial charge is 0.454 e. The molecule has 0 saturated heterocycles. The summed E-state index contributed by atoms with van der Waals surface area (Å²) in [6.07, 6.45) is 0. The average Bonchev–Trinajstić information content (AvgIpc) is 2.51. The highest BCUT2D eigenvalue weighted by atomic mass is 35.5. The number of aryl methyl sites for hydroxylation is 2. The summed E-state index contributed by atoms with van der Waals surface area (Å²) in [4.78, 5) is 23.9. The molecule has 0 unspecified atom stereocenters. The quantitative estimate of drug-likeness (QED) is 0.633. The number of hydrogen-bond acceptors (Lipinski definition) is 5. The minimum Gasteiger partial charge on any atom is -0.454 e. The molecule has 6 nitrogen and oxygen atoms in total. The van der Waals surface area contributed by atoms with E-state index in [-0.39, 0.29) is 21.3 Å². The zero-order valence-corrected chi connectivity index (χ0v) is 15.1. The first-order valence-corrected chi connectivity index (χ1v) is 9.12. The summed E-state index contributed by atoms with van der Waals surface area (Å²) in [5, 5.41) is 4.93. The van der Waals surface area contributed by atoms with E-state index in [1.165, 1.54) is 12.1 Å². The SMILES string of the molecule is Cc1ccc(C(=O)COC(=O)c2ccc(Cl)c(S(N)(=O)=O)c2)c(C)c1. The Bertz CT molecular complexity index is 954. The van der Waals surface area contributed by atoms with E-state index >= 15 is 0 Å². The molecule has 8 heteroatoms. The van der Waals surface area contributed by atoms with Crippen molar-refractivity contribution < 1.29 is 22.7 Å². The second kappa shape index (κ2) is 7.35. The highest BCUT2D eigenvalue weighted by Gasteiger charge is 2.18. The first-order chi connectivity index (χ1) is 11.6. The summed E-state index contributed by atoms with van der Waals surface area (Å²) < 4.78 is 27.8. The number of primary sulfonamides is 1. The van der Waals surface area contributed by atoms with Crippen molar-refractivity contribution in [2.24, 2.45) is 5.14 Å². The third-order valence-electron chi connectivity index (χ3n) is 3.49. The van der Waals surface area contributed by atoms with Crippen molar-refractivity contribution in [3.05, 3.63) is 63.7 Å². The van der Waals surface area contributed by atoms with Gasteiger partial charge in [-0.3, -0.25) is 4.79 Å². The normalized spacial score (nSPS) is 11.2. The van der Waals surface area contributed by atoms with Crippen molar-refractivity contribution in [1.82, 2.24) is 0 Å². The molecule has 0 amide bonds. The van der Waals surface area contributed by atoms with E-state index in [0.29, 0.717) is 5.56 Å². The summed E-state index contributed by atoms with van der Waals surface area (Å²) >= 11 is 5.76. The van der Waals surface area contributed by atoms with Crippen LogP contribution in [0.3, 0.4) is 0 Å². The number of sulfonamides is 1. The molecule has 2 aromatic rings. The van der Waals surface area contributed by atoms with Crippen LogP contribution in [0.15, 0.2) is 41.3 Å². The highest BCUT2D eigenvalue weighted by molar-refractivity contribution is 7.89. The minimum absolute atomic E-state index is 0.0677. The van der Waals surface area contributed by atoms with E-state index < -0.39 is 22.6 Å². The molecule has 2 aromatic carbocycles. The second-order valence-corrected chi connectivity index (χ2v) is 7.44. The van der Waals surface area contributed by atoms with Gasteiger partial charge < -0.3 is 4.74 Å². The first-order valence-electron chi connectivity index (χ1n) is 7.19. The van der Waals surface area contributed by atoms with Gasteiger partial charge in [0.15, 0.2) is 6.61 Å². The van der Waals surface area contributed by atoms with Gasteiger partial charge in [-0.15, -0.1) is 0 Å². The lowest BCUT2D eigenvalue weighted by molar-refractivity contribution is 0.0474. The number of hydrogen-bond donors (Lipinski definition) is 1. The molecule has 2 N–H and O–H groups in total. The van der Waals surface area contributed by atoms with Crippen LogP contribution in [0.4, 0.5) is 0 Å². The molecule has 0 fully saturated rings. The lowest BCUT2D eigenvalue weighted by Gasteiger charge is -2.08. The summed E-state index contributed by atoms with van der Waals surface area (Å²) in [5.41, 5.74) is 2.19. The van der Waals surface area contributed by atoms with Crippen LogP contribution in [0.1, 0.15) is 31.8 Å². The van der Waals surface area contributed by atoms with E-state index in [0.717, 1.165) is 17.2 Å². The number of ether oxygens (including phenoxy) is 1. The smallest absolute Gasteiger partial charge is 0.338 e. The van der Waals surface area contributed by atoms with Gasteiger partial charge in [-0.1, -0.05) is 35.4 Å². The Balaban J connectivity index is 2.14. The predicted octanol–water partition coefficient (Wildman–Crippen LogP) is 2.64. The van der Waals surface area contributed by atoms with Crippen LogP contribution in [0.2, 0.25) is 5.02 Å². The number of benzene rings is 2. The summed E-state index contributed by atoms with van der Waals surface area (Å²) in [6, 6.07) is 8.85. The summed E-state index contributed by atoms with van der Waals surface area (Å²) in [6.45, 7) is 3.24. The molecule has 0 aliphatic rings. The number of esters is 1. The van der Waals surface area contributed by atoms with Crippen molar-refractivity contribution in [2.75, 3.05) is 6.61 Å². The summed E-state index contributed by atoms with van der Waals surface area (Å²) in [7, 11) is -4.08. The zero-order chi connectivity index (χ0) is 18.8. The van der Waals surface area contributed by atoms with Crippen LogP contribution in [0.25, 0.3) is 0 Å². The molecule has 25 heavy (non-hydrogen) atoms. The van der Waals surface area contributed by atoms with E-state index in [1.807, 2.05) is 13.0 Å². The van der Waals surface area contributed by atoms with Gasteiger partial charge in [0.25, 0.3) is 0 Å². The molecule has 0 saturated carbocycles. The molecule has 0 bridgehead atoms. The maximum Gasteiger partial charge on any atom is 0.338 e. The van der Waals surface area contributed by atoms with Crippen molar-refractivity contribution in [2.45, 2.75) is 18.7 Å². The van der Waals surface area contributed by atoms with E-state index in [9.17, 15) is 18.0 Å². The van der Waals surface area contributed by atoms with Crippen molar-refractivity contribution >= 4 is 33.4 Å². The minimum atomic E-state index is -4.08. The van der Waals surface area contributed by atoms with Gasteiger partial charge in [-0.05, 0) is 37.6 Å². The lowest BCUT2D eigenvalue weighted by atomic mass is 10.0. The second-order valence-electron chi connectivity index (χ2n) is 5.51. The third kappa shape index (κ3) is 4.66. The van der Waals surface area contributed by atoms with Gasteiger partial charge in [0.05, 0.1) is 10.6 Å². The zero-order valence-electron chi connectivity index (χ0n) is 13.6. The number of carbonyl (C=O) groups excluding carboxylic acids is 2. The van der Waals surface area contributed by atoms with Gasteiger partial charge in [-0.2, -0.15) is 0 Å². The number of rotatable bonds is 5. The number of Topliss-reactive ketones (excluding diaryl/α,β-unsaturated/α-hetero) is 1. The van der Waals surface area contributed by atoms with E-state index in [4.69, 9.17) is 21.5 Å². The van der Waals surface area contributed by atoms with E-state index in [2.05, 4.69) is 0 Å². The molecule has 0 aliphatic heterocycles. The molecule has 0 radical (unpaired) electrons. The topological polar surface area (TPSA) is 104 Å². The van der Waals surface area contributed by atoms with Crippen LogP contribution in [0.5, 0.6) is 0 Å². The Hall–Kier alpha value is -2.22. The van der Waals surface area contributed by atoms with Crippen molar-refractivity contribution in [3.8, 4) is 0 Å². The van der Waals surface area contributed by atoms with Crippen LogP contribution >= 0.6 is 11.6 Å². The van der Waals surface area contributed by atoms with Gasteiger partial charge in [0, 0.05) is 5.56 Å². The summed E-state index contributed by atoms with van der Waals surface area (Å²) in [5.74, 6) is -1.20. The predicted molar refractivity (Wildman–Crippen MR) is 93.4 cm³/mol. The maximum atomic E-state index is 12.2. The number of carbonyl (C=O) groups is 2. The Kier molecular flexibility index (Phi) is 5.62. The highest BCUT2D eigenvalue weighted by Crippen LogP contribution is 2.22. The maximum absolute atomic E-state index is 12.2. The Labute approximate surface area is 150 Å². The van der Waals surface area contributed by atoms with Gasteiger partial charge in [0.1, 0.15) is 4.90 Å². The Morgan fingerprint density at radius 2 is 1.80 bits per heavy atom. The third-order valence-corrected chi connectivity index (χ3v) is 4.88. The molecule has 2 rings (SSSR count). The molecule has 0 spiro atoms.